The van der Waals surface area contributed by atoms with Gasteiger partial charge in [0.05, 0.1) is 21.2 Å². The molecule has 1 spiro atoms. The highest BCUT2D eigenvalue weighted by Crippen LogP contribution is 2.60. The molecule has 2 aliphatic rings. The molecule has 3 aromatic carbocycles. The molecule has 1 N–H and O–H groups in total. The fourth-order valence-electron chi connectivity index (χ4n) is 4.11. The van der Waals surface area contributed by atoms with Crippen molar-refractivity contribution in [2.45, 2.75) is 4.33 Å². The number of hydrazone groups is 1. The molecule has 0 aliphatic carbocycles. The van der Waals surface area contributed by atoms with E-state index >= 15 is 0 Å². The molecular weight excluding hydrogens is 525 g/mol. The molecule has 1 saturated heterocycles. The van der Waals surface area contributed by atoms with E-state index in [9.17, 15) is 15.2 Å². The second-order valence-electron chi connectivity index (χ2n) is 8.13. The summed E-state index contributed by atoms with van der Waals surface area (Å²) in [6.45, 7) is 0. The largest absolute Gasteiger partial charge is 0.733 e. The first-order chi connectivity index (χ1) is 18.0. The Morgan fingerprint density at radius 2 is 1.57 bits per heavy atom. The molecule has 0 saturated carbocycles. The Morgan fingerprint density at radius 3 is 2.22 bits per heavy atom. The number of thioether (sulfide) groups is 2. The summed E-state index contributed by atoms with van der Waals surface area (Å²) in [5.41, 5.74) is 2.45. The Kier molecular flexibility index (Phi) is 6.27. The Bertz CT molecular complexity index is 1480. The van der Waals surface area contributed by atoms with Crippen molar-refractivity contribution in [2.24, 2.45) is 5.10 Å². The molecule has 7 nitrogen and oxygen atoms in total. The minimum absolute atomic E-state index is 0.104. The van der Waals surface area contributed by atoms with Crippen molar-refractivity contribution < 1.29 is 10.0 Å². The predicted octanol–water partition coefficient (Wildman–Crippen LogP) is 6.79. The van der Waals surface area contributed by atoms with Gasteiger partial charge in [0.15, 0.2) is 0 Å². The van der Waals surface area contributed by atoms with Crippen LogP contribution in [0.15, 0.2) is 112 Å². The first kappa shape index (κ1) is 23.8. The fraction of sp³-hybridized carbons (Fsp3) is 0.0370. The van der Waals surface area contributed by atoms with Gasteiger partial charge in [-0.15, -0.1) is 11.3 Å². The summed E-state index contributed by atoms with van der Waals surface area (Å²) in [7, 11) is 0. The molecular formula is C27H19N4O3S3-. The van der Waals surface area contributed by atoms with Crippen LogP contribution in [0.1, 0.15) is 10.4 Å². The lowest BCUT2D eigenvalue weighted by molar-refractivity contribution is -0.114. The van der Waals surface area contributed by atoms with Gasteiger partial charge in [0.1, 0.15) is 5.04 Å². The third-order valence-corrected chi connectivity index (χ3v) is 9.54. The van der Waals surface area contributed by atoms with Crippen LogP contribution in [-0.2, 0) is 4.79 Å². The first-order valence-electron chi connectivity index (χ1n) is 11.3. The maximum Gasteiger partial charge on any atom is 0.268 e. The van der Waals surface area contributed by atoms with Crippen LogP contribution < -0.4 is 15.1 Å². The molecule has 1 aromatic heterocycles. The van der Waals surface area contributed by atoms with Crippen molar-refractivity contribution in [3.63, 3.8) is 0 Å². The van der Waals surface area contributed by atoms with E-state index in [4.69, 9.17) is 5.10 Å². The molecule has 1 amide bonds. The number of thiophene rings is 1. The zero-order chi connectivity index (χ0) is 25.4. The van der Waals surface area contributed by atoms with Crippen molar-refractivity contribution in [3.05, 3.63) is 123 Å². The normalized spacial score (nSPS) is 20.2. The van der Waals surface area contributed by atoms with E-state index in [2.05, 4.69) is 0 Å². The summed E-state index contributed by atoms with van der Waals surface area (Å²) < 4.78 is -0.990. The lowest BCUT2D eigenvalue weighted by atomic mass is 10.2. The third kappa shape index (κ3) is 4.32. The average molecular weight is 544 g/mol. The molecule has 2 aliphatic heterocycles. The van der Waals surface area contributed by atoms with Gasteiger partial charge in [0.25, 0.3) is 5.91 Å². The molecule has 184 valence electrons. The van der Waals surface area contributed by atoms with Gasteiger partial charge in [-0.3, -0.25) is 14.9 Å². The summed E-state index contributed by atoms with van der Waals surface area (Å²) >= 11 is 4.52. The molecule has 3 heterocycles. The van der Waals surface area contributed by atoms with Crippen LogP contribution in [0, 0.1) is 5.21 Å². The molecule has 1 atom stereocenters. The molecule has 10 heteroatoms. The highest BCUT2D eigenvalue weighted by atomic mass is 32.2. The smallest absolute Gasteiger partial charge is 0.268 e. The number of amides is 1. The highest BCUT2D eigenvalue weighted by Gasteiger charge is 2.59. The number of hydrogen-bond acceptors (Lipinski definition) is 9. The van der Waals surface area contributed by atoms with Crippen molar-refractivity contribution >= 4 is 68.9 Å². The number of carbonyl (C=O) groups is 1. The molecule has 4 aromatic rings. The number of anilines is 3. The van der Waals surface area contributed by atoms with Gasteiger partial charge < -0.3 is 10.4 Å². The fourth-order valence-corrected chi connectivity index (χ4v) is 7.88. The van der Waals surface area contributed by atoms with Gasteiger partial charge in [-0.2, -0.15) is 5.10 Å². The first-order valence-corrected chi connectivity index (χ1v) is 13.8. The number of nitrogens with zero attached hydrogens (tertiary/aromatic N) is 4. The van der Waals surface area contributed by atoms with Gasteiger partial charge in [-0.25, -0.2) is 5.01 Å². The molecule has 0 unspecified atom stereocenters. The number of hydrogen-bond donors (Lipinski definition) is 1. The molecule has 0 bridgehead atoms. The standard InChI is InChI=1S/C27H19N4O3S3/c32-26-24(18-19-8-3-1-4-9-19)36-27(29(26)20-10-5-2-6-11-20)30(21-13-15-22(16-14-21)31(33)34)28-25(37-27)23-12-7-17-35-23/h1-18,33H/q-1/t27-/m1/s1. The maximum absolute atomic E-state index is 14.1. The summed E-state index contributed by atoms with van der Waals surface area (Å²) in [4.78, 5) is 17.4. The van der Waals surface area contributed by atoms with E-state index in [1.807, 2.05) is 89.3 Å². The van der Waals surface area contributed by atoms with Crippen LogP contribution in [0.5, 0.6) is 0 Å². The molecule has 0 radical (unpaired) electrons. The Hall–Kier alpha value is -3.54. The molecule has 1 fully saturated rings. The van der Waals surface area contributed by atoms with E-state index in [1.165, 1.54) is 35.7 Å². The minimum Gasteiger partial charge on any atom is -0.733 e. The summed E-state index contributed by atoms with van der Waals surface area (Å²) in [6, 6.07) is 29.8. The van der Waals surface area contributed by atoms with Gasteiger partial charge in [-0.05, 0) is 71.2 Å². The Balaban J connectivity index is 1.52. The van der Waals surface area contributed by atoms with Crippen LogP contribution in [0.25, 0.3) is 6.08 Å². The van der Waals surface area contributed by atoms with Gasteiger partial charge in [0, 0.05) is 5.69 Å². The van der Waals surface area contributed by atoms with Gasteiger partial charge in [0.2, 0.25) is 4.33 Å². The van der Waals surface area contributed by atoms with Crippen LogP contribution in [0.4, 0.5) is 17.1 Å². The van der Waals surface area contributed by atoms with Gasteiger partial charge >= 0.3 is 0 Å². The Morgan fingerprint density at radius 1 is 0.865 bits per heavy atom. The zero-order valence-electron chi connectivity index (χ0n) is 19.2. The SMILES string of the molecule is O=C1C(=Cc2ccccc2)S[C@@]2(SC(c3cccs3)=NN2c2ccc(N([O-])O)cc2)N1c1ccccc1. The van der Waals surface area contributed by atoms with Crippen molar-refractivity contribution in [2.75, 3.05) is 15.1 Å². The lowest BCUT2D eigenvalue weighted by Crippen LogP contribution is -2.51. The molecule has 6 rings (SSSR count). The monoisotopic (exact) mass is 543 g/mol. The Labute approximate surface area is 225 Å². The van der Waals surface area contributed by atoms with Crippen molar-refractivity contribution in [3.8, 4) is 0 Å². The van der Waals surface area contributed by atoms with Crippen LogP contribution in [0.3, 0.4) is 0 Å². The number of rotatable bonds is 5. The van der Waals surface area contributed by atoms with E-state index in [1.54, 1.807) is 28.4 Å². The molecule has 37 heavy (non-hydrogen) atoms. The summed E-state index contributed by atoms with van der Waals surface area (Å²) in [5, 5.41) is 30.1. The van der Waals surface area contributed by atoms with Crippen molar-refractivity contribution in [1.82, 2.24) is 0 Å². The zero-order valence-corrected chi connectivity index (χ0v) is 21.6. The predicted molar refractivity (Wildman–Crippen MR) is 154 cm³/mol. The van der Waals surface area contributed by atoms with E-state index < -0.39 is 4.33 Å². The van der Waals surface area contributed by atoms with Crippen LogP contribution in [0.2, 0.25) is 0 Å². The average Bonchev–Trinajstić information content (AvgIpc) is 3.64. The highest BCUT2D eigenvalue weighted by molar-refractivity contribution is 8.28. The lowest BCUT2D eigenvalue weighted by Gasteiger charge is -2.38. The topological polar surface area (TPSA) is 82.4 Å². The van der Waals surface area contributed by atoms with Gasteiger partial charge in [-0.1, -0.05) is 66.4 Å². The van der Waals surface area contributed by atoms with Crippen molar-refractivity contribution in [1.29, 1.82) is 0 Å². The van der Waals surface area contributed by atoms with E-state index in [0.717, 1.165) is 21.2 Å². The number of benzene rings is 3. The van der Waals surface area contributed by atoms with E-state index in [-0.39, 0.29) is 16.8 Å². The minimum atomic E-state index is -0.990. The summed E-state index contributed by atoms with van der Waals surface area (Å²) in [6.07, 6.45) is 1.91. The third-order valence-electron chi connectivity index (χ3n) is 5.79. The number of para-hydroxylation sites is 1. The van der Waals surface area contributed by atoms with Crippen LogP contribution >= 0.6 is 34.9 Å². The van der Waals surface area contributed by atoms with E-state index in [0.29, 0.717) is 10.6 Å². The summed E-state index contributed by atoms with van der Waals surface area (Å²) in [5.74, 6) is -0.127. The quantitative estimate of drug-likeness (QED) is 0.219. The maximum atomic E-state index is 14.1. The second-order valence-corrected chi connectivity index (χ2v) is 11.7. The second kappa shape index (κ2) is 9.73. The van der Waals surface area contributed by atoms with Crippen LogP contribution in [-0.4, -0.2) is 20.5 Å². The number of carbonyl (C=O) groups excluding carboxylic acids is 1.